The van der Waals surface area contributed by atoms with Crippen LogP contribution in [0, 0.1) is 5.92 Å². The Morgan fingerprint density at radius 1 is 1.05 bits per heavy atom. The molecule has 0 saturated carbocycles. The summed E-state index contributed by atoms with van der Waals surface area (Å²) in [5, 5.41) is 5.62. The van der Waals surface area contributed by atoms with Gasteiger partial charge in [-0.05, 0) is 80.9 Å². The van der Waals surface area contributed by atoms with Crippen LogP contribution >= 0.6 is 0 Å². The number of amides is 1. The quantitative estimate of drug-likeness (QED) is 0.333. The number of carbonyl (C=O) groups excluding carboxylic acids is 1. The zero-order chi connectivity index (χ0) is 28.0. The zero-order valence-electron chi connectivity index (χ0n) is 21.1. The summed E-state index contributed by atoms with van der Waals surface area (Å²) in [4.78, 5) is 23.3. The first kappa shape index (κ1) is 28.2. The Hall–Kier alpha value is -3.80. The highest BCUT2D eigenvalue weighted by molar-refractivity contribution is 6.07. The average molecular weight is 550 g/mol. The Morgan fingerprint density at radius 3 is 2.46 bits per heavy atom. The highest BCUT2D eigenvalue weighted by Crippen LogP contribution is 2.47. The monoisotopic (exact) mass is 549 g/mol. The molecular weight excluding hydrogens is 521 g/mol. The maximum absolute atomic E-state index is 14.4. The summed E-state index contributed by atoms with van der Waals surface area (Å²) >= 11 is 0. The van der Waals surface area contributed by atoms with Crippen LogP contribution in [0.25, 0.3) is 0 Å². The molecule has 1 aliphatic heterocycles. The van der Waals surface area contributed by atoms with E-state index in [4.69, 9.17) is 4.74 Å². The first-order chi connectivity index (χ1) is 18.5. The van der Waals surface area contributed by atoms with Crippen molar-refractivity contribution >= 4 is 17.4 Å². The van der Waals surface area contributed by atoms with Gasteiger partial charge < -0.3 is 20.3 Å². The summed E-state index contributed by atoms with van der Waals surface area (Å²) in [5.74, 6) is -6.11. The van der Waals surface area contributed by atoms with Gasteiger partial charge in [0.05, 0.1) is 17.7 Å². The molecule has 0 radical (unpaired) electrons. The summed E-state index contributed by atoms with van der Waals surface area (Å²) in [6, 6.07) is 9.29. The number of ether oxygens (including phenoxy) is 1. The predicted octanol–water partition coefficient (Wildman–Crippen LogP) is 5.72. The first-order valence-electron chi connectivity index (χ1n) is 12.3. The SMILES string of the molecule is CN1CCC(COc2cc(NC(=O)c3cccnc3NCc3ccncc3)ccc2C(F)(F)C(F)(F)F)CC1. The van der Waals surface area contributed by atoms with Crippen LogP contribution in [0.3, 0.4) is 0 Å². The van der Waals surface area contributed by atoms with Gasteiger partial charge in [0.25, 0.3) is 5.91 Å². The molecule has 1 fully saturated rings. The summed E-state index contributed by atoms with van der Waals surface area (Å²) in [7, 11) is 1.95. The van der Waals surface area contributed by atoms with E-state index in [-0.39, 0.29) is 29.6 Å². The number of piperidine rings is 1. The molecule has 0 atom stereocenters. The molecule has 208 valence electrons. The number of nitrogens with one attached hydrogen (secondary N) is 2. The molecule has 7 nitrogen and oxygen atoms in total. The average Bonchev–Trinajstić information content (AvgIpc) is 2.91. The van der Waals surface area contributed by atoms with Crippen molar-refractivity contribution in [1.82, 2.24) is 14.9 Å². The molecule has 0 bridgehead atoms. The predicted molar refractivity (Wildman–Crippen MR) is 136 cm³/mol. The van der Waals surface area contributed by atoms with E-state index in [9.17, 15) is 26.7 Å². The van der Waals surface area contributed by atoms with Gasteiger partial charge in [0, 0.05) is 36.9 Å². The second-order valence-electron chi connectivity index (χ2n) is 9.40. The highest BCUT2D eigenvalue weighted by Gasteiger charge is 2.60. The number of pyridine rings is 2. The fourth-order valence-electron chi connectivity index (χ4n) is 4.18. The smallest absolute Gasteiger partial charge is 0.458 e. The molecule has 4 rings (SSSR count). The standard InChI is InChI=1S/C27H28F5N5O2/c1-37-13-8-19(9-14-37)17-39-23-15-20(4-5-22(23)26(28,29)27(30,31)32)36-25(38)21-3-2-10-34-24(21)35-16-18-6-11-33-12-7-18/h2-7,10-12,15,19H,8-9,13-14,16-17H2,1H3,(H,34,35)(H,36,38). The van der Waals surface area contributed by atoms with Gasteiger partial charge in [-0.3, -0.25) is 9.78 Å². The van der Waals surface area contributed by atoms with Crippen LogP contribution in [0.2, 0.25) is 0 Å². The molecule has 39 heavy (non-hydrogen) atoms. The second-order valence-corrected chi connectivity index (χ2v) is 9.40. The lowest BCUT2D eigenvalue weighted by atomic mass is 9.98. The van der Waals surface area contributed by atoms with Crippen LogP contribution in [0.5, 0.6) is 5.75 Å². The molecule has 0 aliphatic carbocycles. The van der Waals surface area contributed by atoms with Gasteiger partial charge in [-0.15, -0.1) is 0 Å². The van der Waals surface area contributed by atoms with Gasteiger partial charge in [-0.1, -0.05) is 0 Å². The summed E-state index contributed by atoms with van der Waals surface area (Å²) in [5.41, 5.74) is -0.245. The van der Waals surface area contributed by atoms with Gasteiger partial charge in [-0.2, -0.15) is 22.0 Å². The van der Waals surface area contributed by atoms with Gasteiger partial charge in [0.1, 0.15) is 11.6 Å². The molecule has 1 saturated heterocycles. The third-order valence-corrected chi connectivity index (χ3v) is 6.51. The van der Waals surface area contributed by atoms with Crippen molar-refractivity contribution in [1.29, 1.82) is 0 Å². The molecule has 0 spiro atoms. The van der Waals surface area contributed by atoms with E-state index < -0.39 is 29.3 Å². The maximum atomic E-state index is 14.4. The molecule has 2 aromatic heterocycles. The molecular formula is C27H28F5N5O2. The number of nitrogens with zero attached hydrogens (tertiary/aromatic N) is 3. The molecule has 1 aliphatic rings. The Labute approximate surface area is 222 Å². The topological polar surface area (TPSA) is 79.4 Å². The van der Waals surface area contributed by atoms with Crippen molar-refractivity contribution in [2.24, 2.45) is 5.92 Å². The molecule has 0 unspecified atom stereocenters. The number of hydrogen-bond donors (Lipinski definition) is 2. The van der Waals surface area contributed by atoms with E-state index in [1.54, 1.807) is 30.6 Å². The van der Waals surface area contributed by atoms with E-state index in [0.717, 1.165) is 43.6 Å². The molecule has 3 heterocycles. The number of carbonyl (C=O) groups is 1. The third-order valence-electron chi connectivity index (χ3n) is 6.51. The third kappa shape index (κ3) is 6.99. The summed E-state index contributed by atoms with van der Waals surface area (Å²) in [6.07, 6.45) is 0.397. The van der Waals surface area contributed by atoms with Crippen molar-refractivity contribution in [3.63, 3.8) is 0 Å². The zero-order valence-corrected chi connectivity index (χ0v) is 21.1. The minimum Gasteiger partial charge on any atom is -0.493 e. The van der Waals surface area contributed by atoms with Gasteiger partial charge in [0.2, 0.25) is 0 Å². The van der Waals surface area contributed by atoms with E-state index in [1.807, 2.05) is 7.05 Å². The fraction of sp³-hybridized carbons (Fsp3) is 0.370. The number of likely N-dealkylation sites (tertiary alicyclic amines) is 1. The number of alkyl halides is 5. The minimum absolute atomic E-state index is 0.00374. The number of halogens is 5. The Bertz CT molecular complexity index is 1260. The van der Waals surface area contributed by atoms with E-state index in [2.05, 4.69) is 25.5 Å². The van der Waals surface area contributed by atoms with Gasteiger partial charge in [-0.25, -0.2) is 4.98 Å². The van der Waals surface area contributed by atoms with Crippen molar-refractivity contribution in [2.75, 3.05) is 37.4 Å². The van der Waals surface area contributed by atoms with E-state index in [0.29, 0.717) is 12.6 Å². The summed E-state index contributed by atoms with van der Waals surface area (Å²) < 4.78 is 73.9. The van der Waals surface area contributed by atoms with Crippen molar-refractivity contribution in [3.8, 4) is 5.75 Å². The number of anilines is 2. The number of aromatic nitrogens is 2. The number of hydrogen-bond acceptors (Lipinski definition) is 6. The van der Waals surface area contributed by atoms with E-state index >= 15 is 0 Å². The first-order valence-corrected chi connectivity index (χ1v) is 12.3. The lowest BCUT2D eigenvalue weighted by Gasteiger charge is -2.29. The van der Waals surface area contributed by atoms with Crippen LogP contribution in [0.4, 0.5) is 33.5 Å². The van der Waals surface area contributed by atoms with Crippen molar-refractivity contribution in [3.05, 3.63) is 77.7 Å². The molecule has 2 N–H and O–H groups in total. The van der Waals surface area contributed by atoms with Crippen LogP contribution in [0.15, 0.2) is 61.1 Å². The lowest BCUT2D eigenvalue weighted by molar-refractivity contribution is -0.289. The van der Waals surface area contributed by atoms with Gasteiger partial charge in [0.15, 0.2) is 0 Å². The molecule has 1 amide bonds. The minimum atomic E-state index is -5.81. The Balaban J connectivity index is 1.54. The highest BCUT2D eigenvalue weighted by atomic mass is 19.4. The maximum Gasteiger partial charge on any atom is 0.458 e. The molecule has 3 aromatic rings. The number of benzene rings is 1. The Morgan fingerprint density at radius 2 is 1.77 bits per heavy atom. The van der Waals surface area contributed by atoms with Crippen LogP contribution in [-0.4, -0.2) is 53.7 Å². The van der Waals surface area contributed by atoms with Gasteiger partial charge >= 0.3 is 12.1 Å². The fourth-order valence-corrected chi connectivity index (χ4v) is 4.18. The molecule has 1 aromatic carbocycles. The second kappa shape index (κ2) is 11.9. The van der Waals surface area contributed by atoms with E-state index in [1.165, 1.54) is 12.3 Å². The van der Waals surface area contributed by atoms with Crippen molar-refractivity contribution < 1.29 is 31.5 Å². The van der Waals surface area contributed by atoms with Crippen LogP contribution in [-0.2, 0) is 12.5 Å². The van der Waals surface area contributed by atoms with Crippen molar-refractivity contribution in [2.45, 2.75) is 31.5 Å². The van der Waals surface area contributed by atoms with Crippen LogP contribution in [0.1, 0.15) is 34.3 Å². The largest absolute Gasteiger partial charge is 0.493 e. The Kier molecular flexibility index (Phi) is 8.63. The normalized spacial score (nSPS) is 15.1. The molecule has 12 heteroatoms. The lowest BCUT2D eigenvalue weighted by Crippen LogP contribution is -2.35. The summed E-state index contributed by atoms with van der Waals surface area (Å²) in [6.45, 7) is 1.89. The van der Waals surface area contributed by atoms with Crippen LogP contribution < -0.4 is 15.4 Å². The number of rotatable bonds is 9.